The highest BCUT2D eigenvalue weighted by molar-refractivity contribution is 14.1. The Morgan fingerprint density at radius 1 is 1.17 bits per heavy atom. The van der Waals surface area contributed by atoms with Crippen LogP contribution < -0.4 is 4.90 Å². The predicted octanol–water partition coefficient (Wildman–Crippen LogP) is 4.75. The maximum atomic E-state index is 13.6. The molecule has 0 saturated carbocycles. The van der Waals surface area contributed by atoms with E-state index in [1.165, 1.54) is 0 Å². The number of aliphatic carboxylic acids is 1. The van der Waals surface area contributed by atoms with Gasteiger partial charge >= 0.3 is 5.97 Å². The zero-order valence-electron chi connectivity index (χ0n) is 16.6. The molecule has 0 unspecified atom stereocenters. The molecule has 2 aromatic carbocycles. The lowest BCUT2D eigenvalue weighted by atomic mass is 9.93. The molecule has 3 rings (SSSR count). The van der Waals surface area contributed by atoms with Gasteiger partial charge in [0.15, 0.2) is 0 Å². The molecule has 0 aromatic heterocycles. The highest BCUT2D eigenvalue weighted by Crippen LogP contribution is 2.33. The van der Waals surface area contributed by atoms with Crippen LogP contribution in [0.2, 0.25) is 0 Å². The lowest BCUT2D eigenvalue weighted by molar-refractivity contribution is -0.136. The molecule has 29 heavy (non-hydrogen) atoms. The number of hydrogen-bond donors (Lipinski definition) is 1. The van der Waals surface area contributed by atoms with Crippen molar-refractivity contribution in [3.63, 3.8) is 0 Å². The van der Waals surface area contributed by atoms with Crippen molar-refractivity contribution in [3.8, 4) is 0 Å². The van der Waals surface area contributed by atoms with Crippen LogP contribution in [0.3, 0.4) is 0 Å². The Bertz CT molecular complexity index is 923. The first kappa shape index (κ1) is 21.5. The average Bonchev–Trinajstić information content (AvgIpc) is 2.83. The highest BCUT2D eigenvalue weighted by atomic mass is 127. The van der Waals surface area contributed by atoms with Gasteiger partial charge in [-0.3, -0.25) is 14.6 Å². The smallest absolute Gasteiger partial charge is 0.305 e. The normalized spacial score (nSPS) is 16.4. The van der Waals surface area contributed by atoms with Crippen LogP contribution in [0.25, 0.3) is 0 Å². The van der Waals surface area contributed by atoms with Gasteiger partial charge in [-0.2, -0.15) is 0 Å². The molecule has 152 valence electrons. The Morgan fingerprint density at radius 2 is 1.86 bits per heavy atom. The van der Waals surface area contributed by atoms with Gasteiger partial charge in [0.1, 0.15) is 6.04 Å². The molecule has 6 heteroatoms. The van der Waals surface area contributed by atoms with E-state index in [4.69, 9.17) is 4.99 Å². The average molecular weight is 504 g/mol. The number of carboxylic acid groups (broad SMARTS) is 1. The Hall–Kier alpha value is -2.22. The topological polar surface area (TPSA) is 70.0 Å². The summed E-state index contributed by atoms with van der Waals surface area (Å²) >= 11 is 2.25. The molecule has 0 fully saturated rings. The van der Waals surface area contributed by atoms with Crippen LogP contribution in [-0.2, 0) is 9.59 Å². The summed E-state index contributed by atoms with van der Waals surface area (Å²) in [4.78, 5) is 31.4. The van der Waals surface area contributed by atoms with Gasteiger partial charge in [0.2, 0.25) is 0 Å². The molecule has 1 amide bonds. The number of aliphatic imine (C=N–C) groups is 1. The number of halogens is 1. The van der Waals surface area contributed by atoms with Gasteiger partial charge in [-0.25, -0.2) is 0 Å². The zero-order valence-corrected chi connectivity index (χ0v) is 18.8. The summed E-state index contributed by atoms with van der Waals surface area (Å²) < 4.78 is 1.04. The molecule has 0 bridgehead atoms. The van der Waals surface area contributed by atoms with Crippen molar-refractivity contribution >= 4 is 45.9 Å². The van der Waals surface area contributed by atoms with E-state index in [-0.39, 0.29) is 24.8 Å². The number of carbonyl (C=O) groups is 2. The number of fused-ring (bicyclic) bond motifs is 1. The van der Waals surface area contributed by atoms with Crippen LogP contribution in [0.15, 0.2) is 53.5 Å². The van der Waals surface area contributed by atoms with Crippen molar-refractivity contribution in [2.75, 3.05) is 11.4 Å². The molecule has 1 aliphatic rings. The van der Waals surface area contributed by atoms with E-state index in [1.807, 2.05) is 48.5 Å². The Labute approximate surface area is 185 Å². The fraction of sp³-hybridized carbons (Fsp3) is 0.348. The number of benzodiazepines with no additional fused rings is 1. The number of rotatable bonds is 7. The first-order chi connectivity index (χ1) is 14.0. The van der Waals surface area contributed by atoms with E-state index in [2.05, 4.69) is 36.4 Å². The zero-order chi connectivity index (χ0) is 21.0. The number of nitrogens with zero attached hydrogens (tertiary/aromatic N) is 2. The second kappa shape index (κ2) is 9.52. The number of amides is 1. The highest BCUT2D eigenvalue weighted by Gasteiger charge is 2.35. The molecule has 1 aliphatic heterocycles. The summed E-state index contributed by atoms with van der Waals surface area (Å²) in [7, 11) is 0. The Kier molecular flexibility index (Phi) is 7.05. The number of carboxylic acids is 1. The van der Waals surface area contributed by atoms with Gasteiger partial charge in [-0.05, 0) is 46.7 Å². The largest absolute Gasteiger partial charge is 0.481 e. The Morgan fingerprint density at radius 3 is 2.48 bits per heavy atom. The summed E-state index contributed by atoms with van der Waals surface area (Å²) in [5, 5.41) is 9.22. The van der Waals surface area contributed by atoms with Crippen LogP contribution in [0, 0.1) is 9.49 Å². The lowest BCUT2D eigenvalue weighted by Crippen LogP contribution is -2.42. The van der Waals surface area contributed by atoms with E-state index in [9.17, 15) is 14.7 Å². The number of anilines is 1. The number of hydrogen-bond acceptors (Lipinski definition) is 3. The molecule has 1 N–H and O–H groups in total. The van der Waals surface area contributed by atoms with Crippen molar-refractivity contribution in [1.29, 1.82) is 0 Å². The minimum Gasteiger partial charge on any atom is -0.481 e. The molecule has 0 radical (unpaired) electrons. The minimum absolute atomic E-state index is 0.0990. The van der Waals surface area contributed by atoms with Gasteiger partial charge < -0.3 is 10.0 Å². The molecular weight excluding hydrogens is 479 g/mol. The van der Waals surface area contributed by atoms with Crippen molar-refractivity contribution < 1.29 is 14.7 Å². The SMILES string of the molecule is CCC(CC)[C@@H]1N=C(c2ccccc2)c2cc(I)ccc2N(CCC(=O)O)C1=O. The van der Waals surface area contributed by atoms with Crippen LogP contribution in [-0.4, -0.2) is 35.3 Å². The third-order valence-corrected chi connectivity index (χ3v) is 6.05. The first-order valence-corrected chi connectivity index (χ1v) is 11.0. The summed E-state index contributed by atoms with van der Waals surface area (Å²) in [6.45, 7) is 4.28. The number of carbonyl (C=O) groups excluding carboxylic acids is 1. The fourth-order valence-corrected chi connectivity index (χ4v) is 4.27. The summed E-state index contributed by atoms with van der Waals surface area (Å²) in [5.41, 5.74) is 3.35. The maximum Gasteiger partial charge on any atom is 0.305 e. The van der Waals surface area contributed by atoms with Crippen molar-refractivity contribution in [3.05, 3.63) is 63.2 Å². The van der Waals surface area contributed by atoms with Crippen molar-refractivity contribution in [2.45, 2.75) is 39.2 Å². The van der Waals surface area contributed by atoms with Gasteiger partial charge in [0.25, 0.3) is 5.91 Å². The molecule has 1 heterocycles. The predicted molar refractivity (Wildman–Crippen MR) is 124 cm³/mol. The molecule has 0 saturated heterocycles. The van der Waals surface area contributed by atoms with E-state index in [1.54, 1.807) is 4.90 Å². The van der Waals surface area contributed by atoms with E-state index in [0.717, 1.165) is 38.9 Å². The second-order valence-corrected chi connectivity index (χ2v) is 8.41. The fourth-order valence-electron chi connectivity index (χ4n) is 3.78. The molecular formula is C23H25IN2O3. The van der Waals surface area contributed by atoms with Gasteiger partial charge in [-0.1, -0.05) is 57.0 Å². The third kappa shape index (κ3) is 4.69. The summed E-state index contributed by atoms with van der Waals surface area (Å²) in [6.07, 6.45) is 1.56. The first-order valence-electron chi connectivity index (χ1n) is 9.92. The molecule has 5 nitrogen and oxygen atoms in total. The van der Waals surface area contributed by atoms with Gasteiger partial charge in [-0.15, -0.1) is 0 Å². The molecule has 1 atom stereocenters. The quantitative estimate of drug-likeness (QED) is 0.554. The van der Waals surface area contributed by atoms with Crippen molar-refractivity contribution in [2.24, 2.45) is 10.9 Å². The van der Waals surface area contributed by atoms with Gasteiger partial charge in [0, 0.05) is 21.2 Å². The minimum atomic E-state index is -0.919. The third-order valence-electron chi connectivity index (χ3n) is 5.38. The van der Waals surface area contributed by atoms with E-state index >= 15 is 0 Å². The van der Waals surface area contributed by atoms with Gasteiger partial charge in [0.05, 0.1) is 17.8 Å². The summed E-state index contributed by atoms with van der Waals surface area (Å²) in [5.74, 6) is -0.937. The van der Waals surface area contributed by atoms with Crippen LogP contribution in [0.4, 0.5) is 5.69 Å². The second-order valence-electron chi connectivity index (χ2n) is 7.16. The number of benzene rings is 2. The van der Waals surface area contributed by atoms with Crippen LogP contribution in [0.1, 0.15) is 44.2 Å². The van der Waals surface area contributed by atoms with E-state index in [0.29, 0.717) is 0 Å². The Balaban J connectivity index is 2.23. The summed E-state index contributed by atoms with van der Waals surface area (Å²) in [6, 6.07) is 15.2. The van der Waals surface area contributed by atoms with Crippen molar-refractivity contribution in [1.82, 2.24) is 0 Å². The molecule has 2 aromatic rings. The van der Waals surface area contributed by atoms with E-state index < -0.39 is 12.0 Å². The standard InChI is InChI=1S/C23H25IN2O3/c1-3-15(4-2)22-23(29)26(13-12-20(27)28)19-11-10-17(24)14-18(19)21(25-22)16-8-6-5-7-9-16/h5-11,14-15,22H,3-4,12-13H2,1-2H3,(H,27,28)/t22-/m0/s1. The monoisotopic (exact) mass is 504 g/mol. The lowest BCUT2D eigenvalue weighted by Gasteiger charge is -2.27. The maximum absolute atomic E-state index is 13.6. The molecule has 0 aliphatic carbocycles. The van der Waals surface area contributed by atoms with Crippen LogP contribution >= 0.6 is 22.6 Å². The molecule has 0 spiro atoms. The van der Waals surface area contributed by atoms with Crippen LogP contribution in [0.5, 0.6) is 0 Å².